The Kier molecular flexibility index (Phi) is 2.36. The molecule has 1 heterocycles. The van der Waals surface area contributed by atoms with Gasteiger partial charge >= 0.3 is 0 Å². The van der Waals surface area contributed by atoms with Crippen LogP contribution in [0.25, 0.3) is 0 Å². The van der Waals surface area contributed by atoms with E-state index in [0.29, 0.717) is 0 Å². The molecule has 0 spiro atoms. The van der Waals surface area contributed by atoms with Crippen molar-refractivity contribution in [3.8, 4) is 0 Å². The lowest BCUT2D eigenvalue weighted by Crippen LogP contribution is -2.41. The highest BCUT2D eigenvalue weighted by atomic mass is 32.1. The van der Waals surface area contributed by atoms with Gasteiger partial charge in [-0.15, -0.1) is 11.3 Å². The first-order chi connectivity index (χ1) is 6.21. The third-order valence-corrected chi connectivity index (χ3v) is 3.38. The zero-order valence-corrected chi connectivity index (χ0v) is 8.26. The van der Waals surface area contributed by atoms with Crippen molar-refractivity contribution in [1.29, 1.82) is 0 Å². The number of aromatic nitrogens is 1. The zero-order valence-electron chi connectivity index (χ0n) is 7.44. The molecule has 1 aromatic heterocycles. The van der Waals surface area contributed by atoms with Crippen molar-refractivity contribution in [3.63, 3.8) is 0 Å². The highest BCUT2D eigenvalue weighted by Gasteiger charge is 2.33. The quantitative estimate of drug-likeness (QED) is 0.713. The second-order valence-electron chi connectivity index (χ2n) is 3.76. The molecule has 1 aliphatic rings. The molecule has 0 unspecified atom stereocenters. The third kappa shape index (κ3) is 1.75. The summed E-state index contributed by atoms with van der Waals surface area (Å²) in [6.45, 7) is 0. The van der Waals surface area contributed by atoms with Gasteiger partial charge in [0.05, 0.1) is 22.8 Å². The van der Waals surface area contributed by atoms with Crippen molar-refractivity contribution >= 4 is 11.3 Å². The van der Waals surface area contributed by atoms with Crippen LogP contribution in [0.5, 0.6) is 0 Å². The standard InChI is InChI=1S/C9H14N2OS/c10-9(8-5-13-6-11-8)3-1-7(12)2-4-9/h5-7,12H,1-4,10H2. The van der Waals surface area contributed by atoms with E-state index in [1.54, 1.807) is 11.3 Å². The van der Waals surface area contributed by atoms with Gasteiger partial charge in [0.1, 0.15) is 0 Å². The summed E-state index contributed by atoms with van der Waals surface area (Å²) < 4.78 is 0. The highest BCUT2D eigenvalue weighted by Crippen LogP contribution is 2.34. The van der Waals surface area contributed by atoms with Gasteiger partial charge in [-0.2, -0.15) is 0 Å². The highest BCUT2D eigenvalue weighted by molar-refractivity contribution is 7.07. The first-order valence-corrected chi connectivity index (χ1v) is 5.51. The number of hydrogen-bond acceptors (Lipinski definition) is 4. The first-order valence-electron chi connectivity index (χ1n) is 4.56. The number of thiazole rings is 1. The fourth-order valence-corrected chi connectivity index (χ4v) is 2.49. The summed E-state index contributed by atoms with van der Waals surface area (Å²) in [5, 5.41) is 11.4. The number of aliphatic hydroxyl groups is 1. The molecule has 1 aromatic rings. The Balaban J connectivity index is 2.13. The Morgan fingerprint density at radius 3 is 2.77 bits per heavy atom. The minimum atomic E-state index is -0.279. The van der Waals surface area contributed by atoms with E-state index in [1.165, 1.54) is 0 Å². The fourth-order valence-electron chi connectivity index (χ4n) is 1.83. The van der Waals surface area contributed by atoms with Gasteiger partial charge in [0.25, 0.3) is 0 Å². The summed E-state index contributed by atoms with van der Waals surface area (Å²) in [4.78, 5) is 4.25. The lowest BCUT2D eigenvalue weighted by Gasteiger charge is -2.34. The summed E-state index contributed by atoms with van der Waals surface area (Å²) in [6.07, 6.45) is 3.13. The summed E-state index contributed by atoms with van der Waals surface area (Å²) in [5.74, 6) is 0. The molecule has 13 heavy (non-hydrogen) atoms. The van der Waals surface area contributed by atoms with Gasteiger partial charge in [0, 0.05) is 5.38 Å². The summed E-state index contributed by atoms with van der Waals surface area (Å²) in [7, 11) is 0. The second-order valence-corrected chi connectivity index (χ2v) is 4.48. The van der Waals surface area contributed by atoms with E-state index in [9.17, 15) is 5.11 Å². The van der Waals surface area contributed by atoms with Crippen LogP contribution in [0.1, 0.15) is 31.4 Å². The molecule has 4 heteroatoms. The second kappa shape index (κ2) is 3.36. The van der Waals surface area contributed by atoms with E-state index in [2.05, 4.69) is 4.98 Å². The van der Waals surface area contributed by atoms with Crippen LogP contribution in [-0.4, -0.2) is 16.2 Å². The smallest absolute Gasteiger partial charge is 0.0795 e. The van der Waals surface area contributed by atoms with Crippen LogP contribution < -0.4 is 5.73 Å². The number of nitrogens with zero attached hydrogens (tertiary/aromatic N) is 1. The van der Waals surface area contributed by atoms with Crippen LogP contribution in [0.3, 0.4) is 0 Å². The lowest BCUT2D eigenvalue weighted by molar-refractivity contribution is 0.0958. The zero-order chi connectivity index (χ0) is 9.31. The van der Waals surface area contributed by atoms with Gasteiger partial charge in [-0.05, 0) is 25.7 Å². The molecule has 1 fully saturated rings. The van der Waals surface area contributed by atoms with Gasteiger partial charge in [0.15, 0.2) is 0 Å². The Labute approximate surface area is 81.6 Å². The van der Waals surface area contributed by atoms with Gasteiger partial charge in [0.2, 0.25) is 0 Å². The van der Waals surface area contributed by atoms with Crippen LogP contribution in [0, 0.1) is 0 Å². The molecule has 0 atom stereocenters. The molecule has 0 saturated heterocycles. The average molecular weight is 198 g/mol. The lowest BCUT2D eigenvalue weighted by atomic mass is 9.79. The first kappa shape index (κ1) is 9.12. The van der Waals surface area contributed by atoms with Crippen molar-refractivity contribution in [3.05, 3.63) is 16.6 Å². The van der Waals surface area contributed by atoms with Crippen molar-refractivity contribution in [2.45, 2.75) is 37.3 Å². The van der Waals surface area contributed by atoms with E-state index in [0.717, 1.165) is 31.4 Å². The number of nitrogens with two attached hydrogens (primary N) is 1. The monoisotopic (exact) mass is 198 g/mol. The SMILES string of the molecule is NC1(c2cscn2)CCC(O)CC1. The predicted molar refractivity (Wildman–Crippen MR) is 52.5 cm³/mol. The molecule has 0 bridgehead atoms. The molecule has 1 aliphatic carbocycles. The maximum absolute atomic E-state index is 9.37. The van der Waals surface area contributed by atoms with Gasteiger partial charge in [-0.3, -0.25) is 0 Å². The van der Waals surface area contributed by atoms with Crippen LogP contribution in [0.15, 0.2) is 10.9 Å². The molecule has 0 amide bonds. The number of hydrogen-bond donors (Lipinski definition) is 2. The summed E-state index contributed by atoms with van der Waals surface area (Å²) in [5.41, 5.74) is 8.75. The Bertz CT molecular complexity index is 265. The molecular weight excluding hydrogens is 184 g/mol. The summed E-state index contributed by atoms with van der Waals surface area (Å²) in [6, 6.07) is 0. The molecular formula is C9H14N2OS. The molecule has 0 aliphatic heterocycles. The Morgan fingerprint density at radius 1 is 1.54 bits per heavy atom. The van der Waals surface area contributed by atoms with Crippen LogP contribution in [0.2, 0.25) is 0 Å². The normalized spacial score (nSPS) is 34.8. The maximum Gasteiger partial charge on any atom is 0.0795 e. The Morgan fingerprint density at radius 2 is 2.23 bits per heavy atom. The van der Waals surface area contributed by atoms with Gasteiger partial charge in [-0.25, -0.2) is 4.98 Å². The third-order valence-electron chi connectivity index (χ3n) is 2.79. The van der Waals surface area contributed by atoms with Gasteiger partial charge < -0.3 is 10.8 Å². The largest absolute Gasteiger partial charge is 0.393 e. The fraction of sp³-hybridized carbons (Fsp3) is 0.667. The molecule has 0 radical (unpaired) electrons. The number of rotatable bonds is 1. The molecule has 3 N–H and O–H groups in total. The van der Waals surface area contributed by atoms with Gasteiger partial charge in [-0.1, -0.05) is 0 Å². The van der Waals surface area contributed by atoms with E-state index in [-0.39, 0.29) is 11.6 Å². The van der Waals surface area contributed by atoms with E-state index >= 15 is 0 Å². The molecule has 2 rings (SSSR count). The van der Waals surface area contributed by atoms with Crippen LogP contribution in [-0.2, 0) is 5.54 Å². The molecule has 3 nitrogen and oxygen atoms in total. The van der Waals surface area contributed by atoms with E-state index in [1.807, 2.05) is 10.9 Å². The minimum absolute atomic E-state index is 0.157. The molecule has 72 valence electrons. The van der Waals surface area contributed by atoms with Crippen molar-refractivity contribution in [2.75, 3.05) is 0 Å². The summed E-state index contributed by atoms with van der Waals surface area (Å²) >= 11 is 1.58. The maximum atomic E-state index is 9.37. The molecule has 0 aromatic carbocycles. The molecule has 1 saturated carbocycles. The van der Waals surface area contributed by atoms with E-state index < -0.39 is 0 Å². The van der Waals surface area contributed by atoms with E-state index in [4.69, 9.17) is 5.73 Å². The topological polar surface area (TPSA) is 59.1 Å². The average Bonchev–Trinajstić information content (AvgIpc) is 2.63. The van der Waals surface area contributed by atoms with Crippen molar-refractivity contribution in [1.82, 2.24) is 4.98 Å². The van der Waals surface area contributed by atoms with Crippen molar-refractivity contribution < 1.29 is 5.11 Å². The van der Waals surface area contributed by atoms with Crippen molar-refractivity contribution in [2.24, 2.45) is 5.73 Å². The van der Waals surface area contributed by atoms with Crippen LogP contribution in [0.4, 0.5) is 0 Å². The predicted octanol–water partition coefficient (Wildman–Crippen LogP) is 1.23. The Hall–Kier alpha value is -0.450. The minimum Gasteiger partial charge on any atom is -0.393 e. The van der Waals surface area contributed by atoms with Crippen LogP contribution >= 0.6 is 11.3 Å². The number of aliphatic hydroxyl groups excluding tert-OH is 1.